The van der Waals surface area contributed by atoms with E-state index in [2.05, 4.69) is 26.2 Å². The summed E-state index contributed by atoms with van der Waals surface area (Å²) in [4.78, 5) is 0. The smallest absolute Gasteiger partial charge is 0.148 e. The quantitative estimate of drug-likeness (QED) is 0.393. The lowest BCUT2D eigenvalue weighted by molar-refractivity contribution is 0.315. The van der Waals surface area contributed by atoms with Crippen LogP contribution in [-0.2, 0) is 6.54 Å². The maximum atomic E-state index is 8.87. The maximum absolute atomic E-state index is 8.87. The van der Waals surface area contributed by atoms with Gasteiger partial charge in [-0.05, 0) is 21.5 Å². The molecule has 2 rings (SSSR count). The van der Waals surface area contributed by atoms with Crippen molar-refractivity contribution in [1.82, 2.24) is 9.78 Å². The summed E-state index contributed by atoms with van der Waals surface area (Å²) in [5.41, 5.74) is 6.74. The van der Waals surface area contributed by atoms with Crippen molar-refractivity contribution < 1.29 is 5.21 Å². The molecule has 0 bridgehead atoms. The van der Waals surface area contributed by atoms with Crippen molar-refractivity contribution in [2.75, 3.05) is 0 Å². The molecule has 1 heterocycles. The number of rotatable bonds is 4. The molecule has 1 atom stereocenters. The average Bonchev–Trinajstić information content (AvgIpc) is 2.82. The number of amidine groups is 1. The van der Waals surface area contributed by atoms with E-state index in [1.165, 1.54) is 0 Å². The van der Waals surface area contributed by atoms with Crippen molar-refractivity contribution in [1.29, 1.82) is 0 Å². The number of nitrogens with zero attached hydrogens (tertiary/aromatic N) is 3. The minimum absolute atomic E-state index is 0.174. The molecule has 0 saturated carbocycles. The van der Waals surface area contributed by atoms with Gasteiger partial charge < -0.3 is 10.9 Å². The fraction of sp³-hybridized carbons (Fsp3) is 0.167. The van der Waals surface area contributed by atoms with Gasteiger partial charge in [0.05, 0.1) is 23.1 Å². The Labute approximate surface area is 113 Å². The van der Waals surface area contributed by atoms with E-state index in [1.54, 1.807) is 10.9 Å². The second kappa shape index (κ2) is 5.68. The van der Waals surface area contributed by atoms with Crippen LogP contribution in [0, 0.1) is 0 Å². The largest absolute Gasteiger partial charge is 0.409 e. The Kier molecular flexibility index (Phi) is 3.99. The van der Waals surface area contributed by atoms with E-state index in [-0.39, 0.29) is 11.8 Å². The molecule has 0 fully saturated rings. The van der Waals surface area contributed by atoms with Gasteiger partial charge in [-0.25, -0.2) is 0 Å². The van der Waals surface area contributed by atoms with Crippen LogP contribution in [0.2, 0.25) is 0 Å². The van der Waals surface area contributed by atoms with Crippen LogP contribution in [0.1, 0.15) is 11.5 Å². The fourth-order valence-corrected chi connectivity index (χ4v) is 2.08. The lowest BCUT2D eigenvalue weighted by Gasteiger charge is -2.15. The number of benzene rings is 1. The molecule has 0 aliphatic carbocycles. The molecule has 1 aromatic carbocycles. The molecular formula is C12H13BrN4O. The van der Waals surface area contributed by atoms with Crippen LogP contribution in [0.15, 0.2) is 52.4 Å². The van der Waals surface area contributed by atoms with E-state index in [1.807, 2.05) is 36.5 Å². The topological polar surface area (TPSA) is 76.4 Å². The second-order valence-electron chi connectivity index (χ2n) is 3.87. The summed E-state index contributed by atoms with van der Waals surface area (Å²) < 4.78 is 2.65. The number of hydrogen-bond donors (Lipinski definition) is 2. The number of aromatic nitrogens is 2. The lowest BCUT2D eigenvalue weighted by Crippen LogP contribution is -2.26. The number of oxime groups is 1. The van der Waals surface area contributed by atoms with Gasteiger partial charge in [-0.15, -0.1) is 0 Å². The van der Waals surface area contributed by atoms with Crippen LogP contribution in [0.4, 0.5) is 0 Å². The van der Waals surface area contributed by atoms with Crippen LogP contribution < -0.4 is 5.73 Å². The number of nitrogens with two attached hydrogens (primary N) is 1. The Morgan fingerprint density at radius 1 is 1.44 bits per heavy atom. The minimum Gasteiger partial charge on any atom is -0.409 e. The van der Waals surface area contributed by atoms with Crippen LogP contribution in [0.5, 0.6) is 0 Å². The summed E-state index contributed by atoms with van der Waals surface area (Å²) >= 11 is 3.34. The molecule has 0 aliphatic rings. The molecule has 6 heteroatoms. The zero-order chi connectivity index (χ0) is 13.0. The molecule has 0 amide bonds. The number of halogens is 1. The van der Waals surface area contributed by atoms with Crippen LogP contribution in [0.25, 0.3) is 0 Å². The highest BCUT2D eigenvalue weighted by Gasteiger charge is 2.17. The highest BCUT2D eigenvalue weighted by molar-refractivity contribution is 9.10. The molecule has 3 N–H and O–H groups in total. The van der Waals surface area contributed by atoms with Crippen LogP contribution >= 0.6 is 15.9 Å². The molecule has 18 heavy (non-hydrogen) atoms. The van der Waals surface area contributed by atoms with Crippen molar-refractivity contribution in [3.8, 4) is 0 Å². The Hall–Kier alpha value is -1.82. The third-order valence-corrected chi connectivity index (χ3v) is 3.06. The van der Waals surface area contributed by atoms with Crippen molar-refractivity contribution in [3.63, 3.8) is 0 Å². The van der Waals surface area contributed by atoms with Gasteiger partial charge in [0, 0.05) is 6.20 Å². The highest BCUT2D eigenvalue weighted by Crippen LogP contribution is 2.19. The molecule has 2 aromatic rings. The molecule has 94 valence electrons. The van der Waals surface area contributed by atoms with Crippen LogP contribution in [-0.4, -0.2) is 20.8 Å². The van der Waals surface area contributed by atoms with E-state index >= 15 is 0 Å². The Morgan fingerprint density at radius 2 is 2.17 bits per heavy atom. The van der Waals surface area contributed by atoms with Gasteiger partial charge in [0.1, 0.15) is 5.84 Å². The third-order valence-electron chi connectivity index (χ3n) is 2.65. The van der Waals surface area contributed by atoms with Gasteiger partial charge in [0.15, 0.2) is 0 Å². The summed E-state index contributed by atoms with van der Waals surface area (Å²) in [6, 6.07) is 9.66. The summed E-state index contributed by atoms with van der Waals surface area (Å²) in [6.45, 7) is 0.519. The normalized spacial score (nSPS) is 13.5. The standard InChI is InChI=1S/C12H13BrN4O/c13-10-6-15-17(7-10)8-11(12(14)16-18)9-4-2-1-3-5-9/h1-7,11,18H,8H2,(H2,14,16). The molecule has 0 aliphatic heterocycles. The summed E-state index contributed by atoms with van der Waals surface area (Å²) in [6.07, 6.45) is 3.55. The Morgan fingerprint density at radius 3 is 2.72 bits per heavy atom. The van der Waals surface area contributed by atoms with Crippen molar-refractivity contribution in [2.24, 2.45) is 10.9 Å². The summed E-state index contributed by atoms with van der Waals surface area (Å²) in [5, 5.41) is 16.2. The third kappa shape index (κ3) is 2.89. The van der Waals surface area contributed by atoms with Gasteiger partial charge in [-0.3, -0.25) is 4.68 Å². The van der Waals surface area contributed by atoms with E-state index < -0.39 is 0 Å². The van der Waals surface area contributed by atoms with Gasteiger partial charge in [-0.1, -0.05) is 35.5 Å². The monoisotopic (exact) mass is 308 g/mol. The molecular weight excluding hydrogens is 296 g/mol. The molecule has 0 saturated heterocycles. The fourth-order valence-electron chi connectivity index (χ4n) is 1.75. The molecule has 5 nitrogen and oxygen atoms in total. The SMILES string of the molecule is NC(=NO)C(Cn1cc(Br)cn1)c1ccccc1. The zero-order valence-corrected chi connectivity index (χ0v) is 11.2. The van der Waals surface area contributed by atoms with E-state index in [4.69, 9.17) is 10.9 Å². The minimum atomic E-state index is -0.206. The lowest BCUT2D eigenvalue weighted by atomic mass is 9.98. The summed E-state index contributed by atoms with van der Waals surface area (Å²) in [5.74, 6) is -0.0316. The van der Waals surface area contributed by atoms with Gasteiger partial charge in [0.25, 0.3) is 0 Å². The second-order valence-corrected chi connectivity index (χ2v) is 4.78. The van der Waals surface area contributed by atoms with Crippen molar-refractivity contribution in [2.45, 2.75) is 12.5 Å². The van der Waals surface area contributed by atoms with Crippen molar-refractivity contribution >= 4 is 21.8 Å². The number of hydrogen-bond acceptors (Lipinski definition) is 3. The Balaban J connectivity index is 2.27. The molecule has 0 spiro atoms. The van der Waals surface area contributed by atoms with Crippen molar-refractivity contribution in [3.05, 3.63) is 52.8 Å². The first-order chi connectivity index (χ1) is 8.70. The average molecular weight is 309 g/mol. The highest BCUT2D eigenvalue weighted by atomic mass is 79.9. The first kappa shape index (κ1) is 12.6. The first-order valence-corrected chi connectivity index (χ1v) is 6.20. The predicted molar refractivity (Wildman–Crippen MR) is 72.5 cm³/mol. The maximum Gasteiger partial charge on any atom is 0.148 e. The molecule has 1 unspecified atom stereocenters. The van der Waals surface area contributed by atoms with Crippen LogP contribution in [0.3, 0.4) is 0 Å². The van der Waals surface area contributed by atoms with Gasteiger partial charge >= 0.3 is 0 Å². The van der Waals surface area contributed by atoms with Gasteiger partial charge in [-0.2, -0.15) is 5.10 Å². The molecule has 0 radical (unpaired) electrons. The van der Waals surface area contributed by atoms with E-state index in [0.29, 0.717) is 6.54 Å². The molecule has 1 aromatic heterocycles. The van der Waals surface area contributed by atoms with E-state index in [9.17, 15) is 0 Å². The Bertz CT molecular complexity index is 538. The summed E-state index contributed by atoms with van der Waals surface area (Å²) in [7, 11) is 0. The van der Waals surface area contributed by atoms with Gasteiger partial charge in [0.2, 0.25) is 0 Å². The predicted octanol–water partition coefficient (Wildman–Crippen LogP) is 2.18. The first-order valence-electron chi connectivity index (χ1n) is 5.41. The van der Waals surface area contributed by atoms with E-state index in [0.717, 1.165) is 10.0 Å². The zero-order valence-electron chi connectivity index (χ0n) is 9.57.